The number of anilines is 2. The van der Waals surface area contributed by atoms with Crippen molar-refractivity contribution in [1.29, 1.82) is 0 Å². The van der Waals surface area contributed by atoms with E-state index in [9.17, 15) is 4.79 Å². The van der Waals surface area contributed by atoms with Crippen LogP contribution in [0.3, 0.4) is 0 Å². The first-order valence-electron chi connectivity index (χ1n) is 9.28. The third kappa shape index (κ3) is 3.53. The van der Waals surface area contributed by atoms with Crippen LogP contribution in [0.15, 0.2) is 42.6 Å². The van der Waals surface area contributed by atoms with E-state index in [1.807, 2.05) is 23.2 Å². The molecular formula is C21H27N3O. The van der Waals surface area contributed by atoms with Crippen LogP contribution >= 0.6 is 0 Å². The SMILES string of the molecule is CCCN(CCC)C(=O)c1ccc(N2c3ccccc3CC2C)cn1. The minimum absolute atomic E-state index is 0.0325. The molecule has 0 radical (unpaired) electrons. The van der Waals surface area contributed by atoms with Crippen LogP contribution in [0.25, 0.3) is 0 Å². The van der Waals surface area contributed by atoms with Gasteiger partial charge in [-0.2, -0.15) is 0 Å². The van der Waals surface area contributed by atoms with E-state index in [0.717, 1.165) is 38.0 Å². The fraction of sp³-hybridized carbons (Fsp3) is 0.429. The van der Waals surface area contributed by atoms with Gasteiger partial charge in [-0.15, -0.1) is 0 Å². The molecular weight excluding hydrogens is 310 g/mol. The molecule has 3 rings (SSSR count). The first-order chi connectivity index (χ1) is 12.2. The molecule has 0 bridgehead atoms. The zero-order valence-corrected chi connectivity index (χ0v) is 15.4. The van der Waals surface area contributed by atoms with E-state index in [1.54, 1.807) is 0 Å². The quantitative estimate of drug-likeness (QED) is 0.782. The molecule has 1 aromatic carbocycles. The fourth-order valence-electron chi connectivity index (χ4n) is 3.63. The van der Waals surface area contributed by atoms with Crippen LogP contribution in [0.1, 0.15) is 49.7 Å². The van der Waals surface area contributed by atoms with Gasteiger partial charge in [-0.1, -0.05) is 32.0 Å². The van der Waals surface area contributed by atoms with Crippen molar-refractivity contribution in [2.75, 3.05) is 18.0 Å². The van der Waals surface area contributed by atoms with Crippen LogP contribution in [0, 0.1) is 0 Å². The summed E-state index contributed by atoms with van der Waals surface area (Å²) in [6, 6.07) is 12.8. The first-order valence-corrected chi connectivity index (χ1v) is 9.28. The summed E-state index contributed by atoms with van der Waals surface area (Å²) in [7, 11) is 0. The minimum atomic E-state index is 0.0325. The van der Waals surface area contributed by atoms with E-state index in [0.29, 0.717) is 11.7 Å². The van der Waals surface area contributed by atoms with Crippen LogP contribution in [-0.2, 0) is 6.42 Å². The van der Waals surface area contributed by atoms with Gasteiger partial charge >= 0.3 is 0 Å². The molecule has 25 heavy (non-hydrogen) atoms. The number of carbonyl (C=O) groups is 1. The predicted octanol–water partition coefficient (Wildman–Crippen LogP) is 4.43. The van der Waals surface area contributed by atoms with Gasteiger partial charge in [0.2, 0.25) is 0 Å². The summed E-state index contributed by atoms with van der Waals surface area (Å²) in [5, 5.41) is 0. The van der Waals surface area contributed by atoms with Gasteiger partial charge in [0.25, 0.3) is 5.91 Å². The molecule has 0 N–H and O–H groups in total. The number of benzene rings is 1. The molecule has 4 nitrogen and oxygen atoms in total. The molecule has 0 fully saturated rings. The van der Waals surface area contributed by atoms with Crippen molar-refractivity contribution >= 4 is 17.3 Å². The molecule has 1 unspecified atom stereocenters. The molecule has 0 saturated carbocycles. The summed E-state index contributed by atoms with van der Waals surface area (Å²) in [5.41, 5.74) is 4.19. The highest BCUT2D eigenvalue weighted by Crippen LogP contribution is 2.37. The van der Waals surface area contributed by atoms with Gasteiger partial charge in [-0.05, 0) is 49.9 Å². The first kappa shape index (κ1) is 17.5. The maximum atomic E-state index is 12.7. The zero-order chi connectivity index (χ0) is 17.8. The molecule has 132 valence electrons. The molecule has 0 saturated heterocycles. The number of hydrogen-bond donors (Lipinski definition) is 0. The van der Waals surface area contributed by atoms with Crippen LogP contribution in [0.4, 0.5) is 11.4 Å². The van der Waals surface area contributed by atoms with Crippen molar-refractivity contribution in [3.8, 4) is 0 Å². The molecule has 0 aliphatic carbocycles. The number of para-hydroxylation sites is 1. The lowest BCUT2D eigenvalue weighted by Crippen LogP contribution is -2.33. The van der Waals surface area contributed by atoms with Crippen LogP contribution < -0.4 is 4.90 Å². The normalized spacial score (nSPS) is 16.0. The highest BCUT2D eigenvalue weighted by atomic mass is 16.2. The number of carbonyl (C=O) groups excluding carboxylic acids is 1. The highest BCUT2D eigenvalue weighted by Gasteiger charge is 2.27. The van der Waals surface area contributed by atoms with Crippen molar-refractivity contribution < 1.29 is 4.79 Å². The number of amides is 1. The average molecular weight is 337 g/mol. The van der Waals surface area contributed by atoms with Gasteiger partial charge in [0.15, 0.2) is 0 Å². The Labute approximate surface area is 150 Å². The van der Waals surface area contributed by atoms with E-state index in [2.05, 4.69) is 54.9 Å². The minimum Gasteiger partial charge on any atom is -0.337 e. The summed E-state index contributed by atoms with van der Waals surface area (Å²) < 4.78 is 0. The van der Waals surface area contributed by atoms with Crippen LogP contribution in [0.2, 0.25) is 0 Å². The molecule has 2 heterocycles. The van der Waals surface area contributed by atoms with E-state index in [-0.39, 0.29) is 5.91 Å². The molecule has 4 heteroatoms. The topological polar surface area (TPSA) is 36.4 Å². The molecule has 1 aromatic heterocycles. The summed E-state index contributed by atoms with van der Waals surface area (Å²) in [6.45, 7) is 7.99. The second-order valence-corrected chi connectivity index (χ2v) is 6.75. The Morgan fingerprint density at radius 3 is 2.52 bits per heavy atom. The Morgan fingerprint density at radius 2 is 1.88 bits per heavy atom. The molecule has 0 spiro atoms. The molecule has 1 aliphatic heterocycles. The second-order valence-electron chi connectivity index (χ2n) is 6.75. The molecule has 1 aliphatic rings. The number of nitrogens with zero attached hydrogens (tertiary/aromatic N) is 3. The van der Waals surface area contributed by atoms with Gasteiger partial charge in [-0.25, -0.2) is 4.98 Å². The summed E-state index contributed by atoms with van der Waals surface area (Å²) in [6.07, 6.45) is 4.80. The van der Waals surface area contributed by atoms with E-state index in [1.165, 1.54) is 11.3 Å². The van der Waals surface area contributed by atoms with E-state index in [4.69, 9.17) is 0 Å². The Hall–Kier alpha value is -2.36. The fourth-order valence-corrected chi connectivity index (χ4v) is 3.63. The predicted molar refractivity (Wildman–Crippen MR) is 102 cm³/mol. The van der Waals surface area contributed by atoms with Crippen molar-refractivity contribution in [3.63, 3.8) is 0 Å². The van der Waals surface area contributed by atoms with Crippen LogP contribution in [0.5, 0.6) is 0 Å². The zero-order valence-electron chi connectivity index (χ0n) is 15.4. The van der Waals surface area contributed by atoms with Gasteiger partial charge < -0.3 is 9.80 Å². The van der Waals surface area contributed by atoms with E-state index >= 15 is 0 Å². The second kappa shape index (κ2) is 7.68. The van der Waals surface area contributed by atoms with Crippen molar-refractivity contribution in [3.05, 3.63) is 53.9 Å². The number of aromatic nitrogens is 1. The van der Waals surface area contributed by atoms with Gasteiger partial charge in [-0.3, -0.25) is 4.79 Å². The number of pyridine rings is 1. The van der Waals surface area contributed by atoms with Gasteiger partial charge in [0.05, 0.1) is 11.9 Å². The molecule has 2 aromatic rings. The Balaban J connectivity index is 1.82. The van der Waals surface area contributed by atoms with E-state index < -0.39 is 0 Å². The summed E-state index contributed by atoms with van der Waals surface area (Å²) >= 11 is 0. The third-order valence-electron chi connectivity index (χ3n) is 4.73. The number of fused-ring (bicyclic) bond motifs is 1. The standard InChI is InChI=1S/C21H27N3O/c1-4-12-23(13-5-2)21(25)19-11-10-18(15-22-19)24-16(3)14-17-8-6-7-9-20(17)24/h6-11,15-16H,4-5,12-14H2,1-3H3. The lowest BCUT2D eigenvalue weighted by atomic mass is 10.1. The Morgan fingerprint density at radius 1 is 1.16 bits per heavy atom. The van der Waals surface area contributed by atoms with Gasteiger partial charge in [0.1, 0.15) is 5.69 Å². The summed E-state index contributed by atoms with van der Waals surface area (Å²) in [4.78, 5) is 21.4. The third-order valence-corrected chi connectivity index (χ3v) is 4.73. The van der Waals surface area contributed by atoms with Crippen molar-refractivity contribution in [2.24, 2.45) is 0 Å². The lowest BCUT2D eigenvalue weighted by molar-refractivity contribution is 0.0749. The number of rotatable bonds is 6. The number of hydrogen-bond acceptors (Lipinski definition) is 3. The average Bonchev–Trinajstić information content (AvgIpc) is 2.97. The monoisotopic (exact) mass is 337 g/mol. The maximum absolute atomic E-state index is 12.7. The van der Waals surface area contributed by atoms with Crippen molar-refractivity contribution in [2.45, 2.75) is 46.1 Å². The largest absolute Gasteiger partial charge is 0.337 e. The maximum Gasteiger partial charge on any atom is 0.272 e. The Bertz CT molecular complexity index is 720. The Kier molecular flexibility index (Phi) is 5.37. The van der Waals surface area contributed by atoms with Gasteiger partial charge in [0, 0.05) is 24.8 Å². The highest BCUT2D eigenvalue weighted by molar-refractivity contribution is 5.92. The smallest absolute Gasteiger partial charge is 0.272 e. The summed E-state index contributed by atoms with van der Waals surface area (Å²) in [5.74, 6) is 0.0325. The lowest BCUT2D eigenvalue weighted by Gasteiger charge is -2.25. The molecule has 1 amide bonds. The molecule has 1 atom stereocenters. The van der Waals surface area contributed by atoms with Crippen molar-refractivity contribution in [1.82, 2.24) is 9.88 Å². The van der Waals surface area contributed by atoms with Crippen LogP contribution in [-0.4, -0.2) is 34.9 Å².